The average molecular weight is 412 g/mol. The van der Waals surface area contributed by atoms with Crippen molar-refractivity contribution in [3.8, 4) is 0 Å². The Morgan fingerprint density at radius 2 is 1.78 bits per heavy atom. The molecule has 1 aliphatic heterocycles. The van der Waals surface area contributed by atoms with Crippen LogP contribution < -0.4 is 5.32 Å². The van der Waals surface area contributed by atoms with Crippen LogP contribution in [0.4, 0.5) is 0 Å². The van der Waals surface area contributed by atoms with Crippen molar-refractivity contribution >= 4 is 33.4 Å². The Hall–Kier alpha value is -2.36. The normalized spacial score (nSPS) is 15.5. The minimum atomic E-state index is -3.72. The van der Waals surface area contributed by atoms with Crippen LogP contribution in [0.5, 0.6) is 0 Å². The van der Waals surface area contributed by atoms with Crippen LogP contribution in [0.1, 0.15) is 10.6 Å². The summed E-state index contributed by atoms with van der Waals surface area (Å²) in [7, 11) is -3.72. The van der Waals surface area contributed by atoms with Crippen molar-refractivity contribution in [1.29, 1.82) is 0 Å². The van der Waals surface area contributed by atoms with Gasteiger partial charge in [-0.1, -0.05) is 23.7 Å². The Kier molecular flexibility index (Phi) is 5.83. The molecule has 144 valence electrons. The van der Waals surface area contributed by atoms with Crippen LogP contribution in [0.3, 0.4) is 0 Å². The third kappa shape index (κ3) is 4.32. The van der Waals surface area contributed by atoms with Gasteiger partial charge in [-0.25, -0.2) is 8.42 Å². The highest BCUT2D eigenvalue weighted by Gasteiger charge is 2.31. The van der Waals surface area contributed by atoms with Crippen LogP contribution >= 0.6 is 11.6 Å². The number of sulfonamides is 1. The van der Waals surface area contributed by atoms with Crippen molar-refractivity contribution in [2.75, 3.05) is 32.7 Å². The van der Waals surface area contributed by atoms with Gasteiger partial charge in [0.25, 0.3) is 5.91 Å². The van der Waals surface area contributed by atoms with E-state index in [0.29, 0.717) is 0 Å². The van der Waals surface area contributed by atoms with Gasteiger partial charge in [0.05, 0.1) is 17.8 Å². The van der Waals surface area contributed by atoms with Gasteiger partial charge in [-0.15, -0.1) is 0 Å². The van der Waals surface area contributed by atoms with Gasteiger partial charge in [-0.05, 0) is 24.3 Å². The summed E-state index contributed by atoms with van der Waals surface area (Å²) in [5.74, 6) is -0.642. The molecule has 0 saturated carbocycles. The number of nitrogens with zero attached hydrogens (tertiary/aromatic N) is 2. The molecular weight excluding hydrogens is 394 g/mol. The van der Waals surface area contributed by atoms with E-state index in [1.54, 1.807) is 18.2 Å². The second-order valence-corrected chi connectivity index (χ2v) is 8.19. The van der Waals surface area contributed by atoms with Gasteiger partial charge in [-0.3, -0.25) is 9.59 Å². The van der Waals surface area contributed by atoms with Gasteiger partial charge in [0.15, 0.2) is 5.76 Å². The van der Waals surface area contributed by atoms with Crippen LogP contribution in [0.15, 0.2) is 52.0 Å². The second-order valence-electron chi connectivity index (χ2n) is 5.88. The highest BCUT2D eigenvalue weighted by atomic mass is 35.5. The molecule has 0 atom stereocenters. The van der Waals surface area contributed by atoms with Gasteiger partial charge in [-0.2, -0.15) is 4.31 Å². The summed E-state index contributed by atoms with van der Waals surface area (Å²) in [4.78, 5) is 25.6. The maximum atomic E-state index is 12.7. The fourth-order valence-electron chi connectivity index (χ4n) is 2.73. The third-order valence-electron chi connectivity index (χ3n) is 4.19. The van der Waals surface area contributed by atoms with Crippen LogP contribution in [-0.2, 0) is 14.8 Å². The van der Waals surface area contributed by atoms with Crippen LogP contribution in [0, 0.1) is 0 Å². The van der Waals surface area contributed by atoms with E-state index in [2.05, 4.69) is 5.32 Å². The van der Waals surface area contributed by atoms with Gasteiger partial charge >= 0.3 is 0 Å². The highest BCUT2D eigenvalue weighted by molar-refractivity contribution is 7.89. The molecule has 10 heteroatoms. The molecule has 1 saturated heterocycles. The van der Waals surface area contributed by atoms with E-state index in [1.807, 2.05) is 0 Å². The predicted octanol–water partition coefficient (Wildman–Crippen LogP) is 1.20. The first-order chi connectivity index (χ1) is 12.9. The molecular formula is C17H18ClN3O5S. The maximum absolute atomic E-state index is 12.7. The van der Waals surface area contributed by atoms with E-state index in [9.17, 15) is 18.0 Å². The van der Waals surface area contributed by atoms with Crippen molar-refractivity contribution in [3.05, 3.63) is 53.4 Å². The van der Waals surface area contributed by atoms with Crippen molar-refractivity contribution < 1.29 is 22.4 Å². The van der Waals surface area contributed by atoms with Crippen LogP contribution in [0.2, 0.25) is 5.02 Å². The lowest BCUT2D eigenvalue weighted by Crippen LogP contribution is -2.52. The Morgan fingerprint density at radius 1 is 1.07 bits per heavy atom. The predicted molar refractivity (Wildman–Crippen MR) is 97.8 cm³/mol. The Bertz CT molecular complexity index is 922. The Balaban J connectivity index is 1.55. The lowest BCUT2D eigenvalue weighted by molar-refractivity contribution is -0.131. The number of carbonyl (C=O) groups is 2. The molecule has 2 amide bonds. The quantitative estimate of drug-likeness (QED) is 0.796. The lowest BCUT2D eigenvalue weighted by Gasteiger charge is -2.34. The summed E-state index contributed by atoms with van der Waals surface area (Å²) in [6.45, 7) is 0.603. The number of nitrogens with one attached hydrogen (secondary N) is 1. The zero-order valence-corrected chi connectivity index (χ0v) is 15.9. The van der Waals surface area contributed by atoms with E-state index in [-0.39, 0.29) is 54.3 Å². The largest absolute Gasteiger partial charge is 0.459 e. The zero-order valence-electron chi connectivity index (χ0n) is 14.3. The van der Waals surface area contributed by atoms with E-state index in [4.69, 9.17) is 16.0 Å². The molecule has 2 aromatic rings. The number of hydrogen-bond acceptors (Lipinski definition) is 5. The lowest BCUT2D eigenvalue weighted by atomic mass is 10.3. The first-order valence-corrected chi connectivity index (χ1v) is 10.1. The second kappa shape index (κ2) is 8.12. The third-order valence-corrected chi connectivity index (χ3v) is 6.59. The minimum absolute atomic E-state index is 0.0529. The topological polar surface area (TPSA) is 99.9 Å². The van der Waals surface area contributed by atoms with Crippen molar-refractivity contribution in [3.63, 3.8) is 0 Å². The fourth-order valence-corrected chi connectivity index (χ4v) is 4.65. The van der Waals surface area contributed by atoms with Gasteiger partial charge < -0.3 is 14.6 Å². The number of furan rings is 1. The Morgan fingerprint density at radius 3 is 2.41 bits per heavy atom. The number of piperazine rings is 1. The number of benzene rings is 1. The molecule has 1 fully saturated rings. The summed E-state index contributed by atoms with van der Waals surface area (Å²) in [6, 6.07) is 9.33. The molecule has 3 rings (SSSR count). The van der Waals surface area contributed by atoms with Crippen LogP contribution in [-0.4, -0.2) is 62.2 Å². The van der Waals surface area contributed by atoms with E-state index < -0.39 is 15.9 Å². The van der Waals surface area contributed by atoms with Gasteiger partial charge in [0.1, 0.15) is 4.90 Å². The molecule has 1 N–H and O–H groups in total. The van der Waals surface area contributed by atoms with Crippen molar-refractivity contribution in [1.82, 2.24) is 14.5 Å². The van der Waals surface area contributed by atoms with Crippen molar-refractivity contribution in [2.24, 2.45) is 0 Å². The summed E-state index contributed by atoms with van der Waals surface area (Å²) in [5.41, 5.74) is 0. The van der Waals surface area contributed by atoms with E-state index in [1.165, 1.54) is 33.7 Å². The molecule has 0 bridgehead atoms. The first kappa shape index (κ1) is 19.4. The molecule has 8 nitrogen and oxygen atoms in total. The minimum Gasteiger partial charge on any atom is -0.459 e. The average Bonchev–Trinajstić information content (AvgIpc) is 3.21. The first-order valence-electron chi connectivity index (χ1n) is 8.24. The molecule has 1 aromatic carbocycles. The molecule has 1 aromatic heterocycles. The molecule has 0 radical (unpaired) electrons. The molecule has 27 heavy (non-hydrogen) atoms. The summed E-state index contributed by atoms with van der Waals surface area (Å²) >= 11 is 6.00. The SMILES string of the molecule is O=C(NCC(=O)N1CCN(S(=O)(=O)c2ccccc2Cl)CC1)c1ccco1. The van der Waals surface area contributed by atoms with E-state index in [0.717, 1.165) is 0 Å². The zero-order chi connectivity index (χ0) is 19.4. The van der Waals surface area contributed by atoms with Gasteiger partial charge in [0.2, 0.25) is 15.9 Å². The molecule has 0 spiro atoms. The molecule has 0 unspecified atom stereocenters. The summed E-state index contributed by atoms with van der Waals surface area (Å²) in [5, 5.41) is 2.65. The Labute approximate surface area is 161 Å². The smallest absolute Gasteiger partial charge is 0.287 e. The summed E-state index contributed by atoms with van der Waals surface area (Å²) < 4.78 is 31.7. The number of rotatable bonds is 5. The number of carbonyl (C=O) groups excluding carboxylic acids is 2. The van der Waals surface area contributed by atoms with Crippen LogP contribution in [0.25, 0.3) is 0 Å². The maximum Gasteiger partial charge on any atom is 0.287 e. The van der Waals surface area contributed by atoms with E-state index >= 15 is 0 Å². The summed E-state index contributed by atoms with van der Waals surface area (Å²) in [6.07, 6.45) is 1.37. The monoisotopic (exact) mass is 411 g/mol. The van der Waals surface area contributed by atoms with Gasteiger partial charge in [0, 0.05) is 26.2 Å². The molecule has 2 heterocycles. The fraction of sp³-hybridized carbons (Fsp3) is 0.294. The number of hydrogen-bond donors (Lipinski definition) is 1. The number of halogens is 1. The number of amides is 2. The van der Waals surface area contributed by atoms with Crippen molar-refractivity contribution in [2.45, 2.75) is 4.90 Å². The highest BCUT2D eigenvalue weighted by Crippen LogP contribution is 2.24. The standard InChI is InChI=1S/C17H18ClN3O5S/c18-13-4-1-2-6-15(13)27(24,25)21-9-7-20(8-10-21)16(22)12-19-17(23)14-5-3-11-26-14/h1-6,11H,7-10,12H2,(H,19,23). The molecule has 0 aliphatic carbocycles. The molecule has 1 aliphatic rings.